The summed E-state index contributed by atoms with van der Waals surface area (Å²) in [6.07, 6.45) is 7.93. The van der Waals surface area contributed by atoms with Gasteiger partial charge in [-0.25, -0.2) is 9.97 Å². The number of fused-ring (bicyclic) bond motifs is 2. The molecule has 4 heterocycles. The molecule has 0 unspecified atom stereocenters. The van der Waals surface area contributed by atoms with Crippen LogP contribution in [0.25, 0.3) is 27.8 Å². The van der Waals surface area contributed by atoms with Crippen LogP contribution in [0.2, 0.25) is 5.15 Å². The van der Waals surface area contributed by atoms with E-state index in [1.165, 1.54) is 6.42 Å². The SMILES string of the molecule is CN1CCC[C@H](Nc2nc(-c3c[nH]c4ccccc34)c(Cl)n3ccnc23)C1. The zero-order chi connectivity index (χ0) is 18.4. The third kappa shape index (κ3) is 2.85. The molecule has 5 rings (SSSR count). The number of anilines is 1. The Bertz CT molecular complexity index is 1110. The molecule has 0 saturated carbocycles. The maximum absolute atomic E-state index is 6.72. The fraction of sp³-hybridized carbons (Fsp3) is 0.300. The fourth-order valence-electron chi connectivity index (χ4n) is 3.97. The number of H-pyrrole nitrogens is 1. The maximum atomic E-state index is 6.72. The summed E-state index contributed by atoms with van der Waals surface area (Å²) in [7, 11) is 2.16. The first-order valence-electron chi connectivity index (χ1n) is 9.25. The van der Waals surface area contributed by atoms with Crippen molar-refractivity contribution in [3.05, 3.63) is 48.0 Å². The zero-order valence-corrected chi connectivity index (χ0v) is 15.9. The van der Waals surface area contributed by atoms with Crippen LogP contribution in [0.4, 0.5) is 5.82 Å². The van der Waals surface area contributed by atoms with Gasteiger partial charge in [0.05, 0.1) is 0 Å². The Morgan fingerprint density at radius 3 is 3.07 bits per heavy atom. The van der Waals surface area contributed by atoms with Gasteiger partial charge in [-0.15, -0.1) is 0 Å². The lowest BCUT2D eigenvalue weighted by molar-refractivity contribution is 0.261. The van der Waals surface area contributed by atoms with E-state index in [0.29, 0.717) is 11.2 Å². The molecule has 1 atom stereocenters. The highest BCUT2D eigenvalue weighted by Crippen LogP contribution is 2.34. The highest BCUT2D eigenvalue weighted by molar-refractivity contribution is 6.32. The largest absolute Gasteiger partial charge is 0.363 e. The van der Waals surface area contributed by atoms with Gasteiger partial charge in [-0.1, -0.05) is 29.8 Å². The van der Waals surface area contributed by atoms with Crippen LogP contribution in [0.3, 0.4) is 0 Å². The van der Waals surface area contributed by atoms with Gasteiger partial charge in [0.25, 0.3) is 0 Å². The summed E-state index contributed by atoms with van der Waals surface area (Å²) in [4.78, 5) is 15.1. The summed E-state index contributed by atoms with van der Waals surface area (Å²) in [6.45, 7) is 2.14. The maximum Gasteiger partial charge on any atom is 0.181 e. The van der Waals surface area contributed by atoms with Crippen molar-refractivity contribution in [2.75, 3.05) is 25.5 Å². The average molecular weight is 381 g/mol. The van der Waals surface area contributed by atoms with E-state index in [-0.39, 0.29) is 0 Å². The van der Waals surface area contributed by atoms with E-state index < -0.39 is 0 Å². The van der Waals surface area contributed by atoms with Gasteiger partial charge in [0.15, 0.2) is 11.5 Å². The lowest BCUT2D eigenvalue weighted by atomic mass is 10.1. The average Bonchev–Trinajstić information content (AvgIpc) is 3.32. The number of nitrogens with zero attached hydrogens (tertiary/aromatic N) is 4. The number of halogens is 1. The first kappa shape index (κ1) is 16.6. The van der Waals surface area contributed by atoms with Gasteiger partial charge in [-0.2, -0.15) is 0 Å². The molecule has 1 saturated heterocycles. The summed E-state index contributed by atoms with van der Waals surface area (Å²) in [5.74, 6) is 0.782. The molecule has 1 aliphatic rings. The van der Waals surface area contributed by atoms with Crippen LogP contribution in [-0.4, -0.2) is 50.4 Å². The summed E-state index contributed by atoms with van der Waals surface area (Å²) >= 11 is 6.72. The van der Waals surface area contributed by atoms with E-state index in [0.717, 1.165) is 53.1 Å². The molecule has 2 N–H and O–H groups in total. The first-order chi connectivity index (χ1) is 13.2. The van der Waals surface area contributed by atoms with E-state index in [2.05, 4.69) is 39.4 Å². The summed E-state index contributed by atoms with van der Waals surface area (Å²) in [6, 6.07) is 8.54. The number of rotatable bonds is 3. The fourth-order valence-corrected chi connectivity index (χ4v) is 4.25. The molecule has 1 aromatic carbocycles. The molecule has 138 valence electrons. The predicted octanol–water partition coefficient (Wildman–Crippen LogP) is 4.04. The molecule has 1 aliphatic heterocycles. The van der Waals surface area contributed by atoms with E-state index >= 15 is 0 Å². The van der Waals surface area contributed by atoms with Crippen molar-refractivity contribution in [2.24, 2.45) is 0 Å². The van der Waals surface area contributed by atoms with Crippen molar-refractivity contribution in [3.63, 3.8) is 0 Å². The third-order valence-corrected chi connectivity index (χ3v) is 5.65. The third-order valence-electron chi connectivity index (χ3n) is 5.29. The Kier molecular flexibility index (Phi) is 4.02. The van der Waals surface area contributed by atoms with E-state index in [1.807, 2.05) is 28.9 Å². The molecule has 6 nitrogen and oxygen atoms in total. The van der Waals surface area contributed by atoms with Crippen LogP contribution in [0.15, 0.2) is 42.9 Å². The van der Waals surface area contributed by atoms with Gasteiger partial charge in [0.1, 0.15) is 10.8 Å². The standard InChI is InChI=1S/C20H21ClN6/c1-26-9-4-5-13(12-26)24-19-20-22-8-10-27(20)18(21)17(25-19)15-11-23-16-7-3-2-6-14(15)16/h2-3,6-8,10-11,13,23H,4-5,9,12H2,1H3,(H,24,25)/t13-/m0/s1. The number of hydrogen-bond donors (Lipinski definition) is 2. The molecule has 4 aromatic rings. The number of imidazole rings is 1. The van der Waals surface area contributed by atoms with Gasteiger partial charge in [-0.3, -0.25) is 4.40 Å². The molecule has 1 fully saturated rings. The number of benzene rings is 1. The monoisotopic (exact) mass is 380 g/mol. The molecule has 0 spiro atoms. The quantitative estimate of drug-likeness (QED) is 0.563. The Labute approximate surface area is 162 Å². The van der Waals surface area contributed by atoms with E-state index in [9.17, 15) is 0 Å². The number of likely N-dealkylation sites (N-methyl/N-ethyl adjacent to an activating group) is 1. The Morgan fingerprint density at radius 1 is 1.30 bits per heavy atom. The second kappa shape index (κ2) is 6.55. The molecule has 27 heavy (non-hydrogen) atoms. The molecule has 7 heteroatoms. The van der Waals surface area contributed by atoms with Crippen molar-refractivity contribution in [2.45, 2.75) is 18.9 Å². The molecule has 3 aromatic heterocycles. The number of piperidine rings is 1. The molecule has 0 aliphatic carbocycles. The van der Waals surface area contributed by atoms with Crippen LogP contribution in [0.5, 0.6) is 0 Å². The van der Waals surface area contributed by atoms with Gasteiger partial charge in [0, 0.05) is 47.6 Å². The lowest BCUT2D eigenvalue weighted by Gasteiger charge is -2.30. The molecule has 0 radical (unpaired) electrons. The number of aromatic amines is 1. The van der Waals surface area contributed by atoms with Crippen molar-refractivity contribution in [3.8, 4) is 11.3 Å². The minimum absolute atomic E-state index is 0.355. The number of likely N-dealkylation sites (tertiary alicyclic amines) is 1. The normalized spacial score (nSPS) is 18.4. The number of nitrogens with one attached hydrogen (secondary N) is 2. The van der Waals surface area contributed by atoms with Crippen LogP contribution in [0, 0.1) is 0 Å². The second-order valence-electron chi connectivity index (χ2n) is 7.21. The minimum atomic E-state index is 0.355. The van der Waals surface area contributed by atoms with E-state index in [4.69, 9.17) is 16.6 Å². The highest BCUT2D eigenvalue weighted by Gasteiger charge is 2.22. The van der Waals surface area contributed by atoms with Gasteiger partial charge in [0.2, 0.25) is 0 Å². The van der Waals surface area contributed by atoms with Crippen LogP contribution in [0.1, 0.15) is 12.8 Å². The van der Waals surface area contributed by atoms with E-state index in [1.54, 1.807) is 6.20 Å². The van der Waals surface area contributed by atoms with Crippen molar-refractivity contribution < 1.29 is 0 Å². The van der Waals surface area contributed by atoms with Gasteiger partial charge in [-0.05, 0) is 32.5 Å². The first-order valence-corrected chi connectivity index (χ1v) is 9.62. The Hall–Kier alpha value is -2.57. The van der Waals surface area contributed by atoms with Crippen molar-refractivity contribution in [1.82, 2.24) is 24.3 Å². The molecular formula is C20H21ClN6. The smallest absolute Gasteiger partial charge is 0.181 e. The summed E-state index contributed by atoms with van der Waals surface area (Å²) in [5, 5.41) is 5.29. The van der Waals surface area contributed by atoms with Crippen LogP contribution >= 0.6 is 11.6 Å². The Balaban J connectivity index is 1.64. The predicted molar refractivity (Wildman–Crippen MR) is 109 cm³/mol. The Morgan fingerprint density at radius 2 is 2.19 bits per heavy atom. The molecular weight excluding hydrogens is 360 g/mol. The van der Waals surface area contributed by atoms with Crippen LogP contribution < -0.4 is 5.32 Å². The number of para-hydroxylation sites is 1. The highest BCUT2D eigenvalue weighted by atomic mass is 35.5. The lowest BCUT2D eigenvalue weighted by Crippen LogP contribution is -2.40. The van der Waals surface area contributed by atoms with Gasteiger partial charge >= 0.3 is 0 Å². The summed E-state index contributed by atoms with van der Waals surface area (Å²) in [5.41, 5.74) is 3.58. The number of aromatic nitrogens is 4. The van der Waals surface area contributed by atoms with Gasteiger partial charge < -0.3 is 15.2 Å². The second-order valence-corrected chi connectivity index (χ2v) is 7.57. The number of hydrogen-bond acceptors (Lipinski definition) is 4. The zero-order valence-electron chi connectivity index (χ0n) is 15.1. The van der Waals surface area contributed by atoms with Crippen molar-refractivity contribution >= 4 is 34.0 Å². The van der Waals surface area contributed by atoms with Crippen LogP contribution in [-0.2, 0) is 0 Å². The minimum Gasteiger partial charge on any atom is -0.363 e. The topological polar surface area (TPSA) is 61.2 Å². The molecule has 0 bridgehead atoms. The molecule has 0 amide bonds. The van der Waals surface area contributed by atoms with Crippen molar-refractivity contribution in [1.29, 1.82) is 0 Å². The summed E-state index contributed by atoms with van der Waals surface area (Å²) < 4.78 is 1.90.